The first-order valence-corrected chi connectivity index (χ1v) is 10.0. The van der Waals surface area contributed by atoms with Crippen LogP contribution in [-0.4, -0.2) is 24.5 Å². The summed E-state index contributed by atoms with van der Waals surface area (Å²) < 4.78 is 30.5. The van der Waals surface area contributed by atoms with Crippen molar-refractivity contribution in [3.8, 4) is 0 Å². The molecule has 4 heteroatoms. The summed E-state index contributed by atoms with van der Waals surface area (Å²) in [6.07, 6.45) is 0.433. The highest BCUT2D eigenvalue weighted by atomic mass is 32.2. The molecular weight excluding hydrogens is 332 g/mol. The van der Waals surface area contributed by atoms with Crippen molar-refractivity contribution in [2.45, 2.75) is 50.2 Å². The van der Waals surface area contributed by atoms with Crippen LogP contribution in [-0.2, 0) is 27.6 Å². The van der Waals surface area contributed by atoms with E-state index in [1.807, 2.05) is 60.7 Å². The second-order valence-corrected chi connectivity index (χ2v) is 10.9. The fourth-order valence-electron chi connectivity index (χ4n) is 2.95. The molecule has 0 aliphatic carbocycles. The molecule has 0 fully saturated rings. The Morgan fingerprint density at radius 2 is 1.28 bits per heavy atom. The second-order valence-electron chi connectivity index (χ2n) is 7.71. The number of hydrogen-bond donors (Lipinski definition) is 0. The number of hydrogen-bond acceptors (Lipinski definition) is 3. The highest BCUT2D eigenvalue weighted by Gasteiger charge is 2.46. The monoisotopic (exact) mass is 360 g/mol. The van der Waals surface area contributed by atoms with Gasteiger partial charge in [-0.1, -0.05) is 60.7 Å². The molecule has 25 heavy (non-hydrogen) atoms. The molecule has 0 unspecified atom stereocenters. The highest BCUT2D eigenvalue weighted by Crippen LogP contribution is 2.33. The molecule has 0 radical (unpaired) electrons. The first-order chi connectivity index (χ1) is 11.7. The fraction of sp³-hybridized carbons (Fsp3) is 0.429. The summed E-state index contributed by atoms with van der Waals surface area (Å²) in [5.74, 6) is 0. The normalized spacial score (nSPS) is 14.9. The van der Waals surface area contributed by atoms with Crippen molar-refractivity contribution in [1.29, 1.82) is 0 Å². The van der Waals surface area contributed by atoms with Gasteiger partial charge in [-0.2, -0.15) is 0 Å². The summed E-state index contributed by atoms with van der Waals surface area (Å²) >= 11 is 0. The van der Waals surface area contributed by atoms with Gasteiger partial charge in [-0.25, -0.2) is 8.42 Å². The molecule has 0 saturated carbocycles. The van der Waals surface area contributed by atoms with Crippen molar-refractivity contribution in [3.05, 3.63) is 71.8 Å². The van der Waals surface area contributed by atoms with Crippen LogP contribution in [0.5, 0.6) is 0 Å². The van der Waals surface area contributed by atoms with E-state index in [0.29, 0.717) is 13.0 Å². The number of rotatable bonds is 7. The van der Waals surface area contributed by atoms with E-state index in [2.05, 4.69) is 0 Å². The quantitative estimate of drug-likeness (QED) is 0.734. The van der Waals surface area contributed by atoms with Gasteiger partial charge in [0.2, 0.25) is 0 Å². The van der Waals surface area contributed by atoms with Crippen LogP contribution < -0.4 is 0 Å². The molecule has 0 amide bonds. The molecule has 0 aliphatic rings. The lowest BCUT2D eigenvalue weighted by Gasteiger charge is -2.35. The molecule has 0 heterocycles. The number of sulfone groups is 1. The summed E-state index contributed by atoms with van der Waals surface area (Å²) in [6.45, 7) is 7.63. The van der Waals surface area contributed by atoms with E-state index in [1.165, 1.54) is 0 Å². The van der Waals surface area contributed by atoms with Gasteiger partial charge in [0.05, 0.1) is 22.7 Å². The Kier molecular flexibility index (Phi) is 6.07. The molecule has 0 aliphatic heterocycles. The van der Waals surface area contributed by atoms with Gasteiger partial charge >= 0.3 is 0 Å². The summed E-state index contributed by atoms with van der Waals surface area (Å²) in [5, 5.41) is 0. The maximum absolute atomic E-state index is 13.2. The molecule has 0 spiro atoms. The maximum Gasteiger partial charge on any atom is 0.163 e. The third-order valence-corrected chi connectivity index (χ3v) is 7.57. The van der Waals surface area contributed by atoms with Crippen LogP contribution in [0.3, 0.4) is 0 Å². The average Bonchev–Trinajstić information content (AvgIpc) is 2.55. The third-order valence-electron chi connectivity index (χ3n) is 4.39. The van der Waals surface area contributed by atoms with E-state index >= 15 is 0 Å². The Labute approximate surface area is 152 Å². The molecule has 1 atom stereocenters. The lowest BCUT2D eigenvalue weighted by molar-refractivity contribution is 0.0990. The summed E-state index contributed by atoms with van der Waals surface area (Å²) in [5.41, 5.74) is 2.04. The minimum Gasteiger partial charge on any atom is -0.375 e. The second kappa shape index (κ2) is 7.71. The Hall–Kier alpha value is -1.65. The van der Waals surface area contributed by atoms with Crippen molar-refractivity contribution in [3.63, 3.8) is 0 Å². The summed E-state index contributed by atoms with van der Waals surface area (Å²) in [7, 11) is -3.42. The summed E-state index contributed by atoms with van der Waals surface area (Å²) in [6, 6.07) is 19.6. The molecule has 136 valence electrons. The molecular formula is C21H28O3S. The molecule has 0 aromatic heterocycles. The van der Waals surface area contributed by atoms with Crippen LogP contribution in [0.1, 0.15) is 38.8 Å². The SMILES string of the molecule is CC(C)(C)S(=O)(=O)[C@@](C)(COCc1ccccc1)Cc1ccccc1. The van der Waals surface area contributed by atoms with E-state index < -0.39 is 19.3 Å². The Balaban J connectivity index is 2.22. The van der Waals surface area contributed by atoms with Crippen LogP contribution in [0.15, 0.2) is 60.7 Å². The average molecular weight is 361 g/mol. The minimum absolute atomic E-state index is 0.163. The van der Waals surface area contributed by atoms with E-state index in [4.69, 9.17) is 4.74 Å². The topological polar surface area (TPSA) is 43.4 Å². The van der Waals surface area contributed by atoms with Gasteiger partial charge in [0, 0.05) is 0 Å². The molecule has 2 aromatic rings. The zero-order chi connectivity index (χ0) is 18.6. The van der Waals surface area contributed by atoms with Crippen LogP contribution in [0.2, 0.25) is 0 Å². The lowest BCUT2D eigenvalue weighted by Crippen LogP contribution is -2.50. The van der Waals surface area contributed by atoms with Crippen LogP contribution >= 0.6 is 0 Å². The van der Waals surface area contributed by atoms with E-state index in [0.717, 1.165) is 11.1 Å². The van der Waals surface area contributed by atoms with Gasteiger partial charge in [0.1, 0.15) is 0 Å². The fourth-order valence-corrected chi connectivity index (χ4v) is 5.02. The van der Waals surface area contributed by atoms with Crippen molar-refractivity contribution < 1.29 is 13.2 Å². The largest absolute Gasteiger partial charge is 0.375 e. The zero-order valence-corrected chi connectivity index (χ0v) is 16.3. The molecule has 2 rings (SSSR count). The van der Waals surface area contributed by atoms with Crippen molar-refractivity contribution in [2.75, 3.05) is 6.61 Å². The molecule has 0 bridgehead atoms. The van der Waals surface area contributed by atoms with Crippen molar-refractivity contribution in [2.24, 2.45) is 0 Å². The maximum atomic E-state index is 13.2. The van der Waals surface area contributed by atoms with Gasteiger partial charge in [0.15, 0.2) is 9.84 Å². The van der Waals surface area contributed by atoms with E-state index in [9.17, 15) is 8.42 Å². The Morgan fingerprint density at radius 1 is 0.800 bits per heavy atom. The van der Waals surface area contributed by atoms with Crippen LogP contribution in [0, 0.1) is 0 Å². The summed E-state index contributed by atoms with van der Waals surface area (Å²) in [4.78, 5) is 0. The van der Waals surface area contributed by atoms with Gasteiger partial charge in [-0.05, 0) is 45.2 Å². The molecule has 0 saturated heterocycles. The van der Waals surface area contributed by atoms with E-state index in [-0.39, 0.29) is 6.61 Å². The highest BCUT2D eigenvalue weighted by molar-refractivity contribution is 7.94. The lowest BCUT2D eigenvalue weighted by atomic mass is 10.0. The molecule has 0 N–H and O–H groups in total. The smallest absolute Gasteiger partial charge is 0.163 e. The molecule has 3 nitrogen and oxygen atoms in total. The van der Waals surface area contributed by atoms with Crippen molar-refractivity contribution >= 4 is 9.84 Å². The Bertz CT molecular complexity index is 762. The third kappa shape index (κ3) is 4.71. The van der Waals surface area contributed by atoms with Crippen molar-refractivity contribution in [1.82, 2.24) is 0 Å². The van der Waals surface area contributed by atoms with Gasteiger partial charge in [0.25, 0.3) is 0 Å². The standard InChI is InChI=1S/C21H28O3S/c1-20(2,3)25(22,23)21(4,15-18-11-7-5-8-12-18)17-24-16-19-13-9-6-10-14-19/h5-14H,15-17H2,1-4H3/t21-/m1/s1. The Morgan fingerprint density at radius 3 is 1.76 bits per heavy atom. The predicted octanol–water partition coefficient (Wildman–Crippen LogP) is 4.42. The van der Waals surface area contributed by atoms with Crippen LogP contribution in [0.25, 0.3) is 0 Å². The zero-order valence-electron chi connectivity index (χ0n) is 15.5. The molecule has 2 aromatic carbocycles. The number of benzene rings is 2. The number of ether oxygens (including phenoxy) is 1. The van der Waals surface area contributed by atoms with Gasteiger partial charge in [-0.15, -0.1) is 0 Å². The first kappa shape index (κ1) is 19.7. The van der Waals surface area contributed by atoms with Gasteiger partial charge in [-0.3, -0.25) is 0 Å². The van der Waals surface area contributed by atoms with Gasteiger partial charge < -0.3 is 4.74 Å². The van der Waals surface area contributed by atoms with Crippen LogP contribution in [0.4, 0.5) is 0 Å². The van der Waals surface area contributed by atoms with E-state index in [1.54, 1.807) is 27.7 Å². The first-order valence-electron chi connectivity index (χ1n) is 8.55. The predicted molar refractivity (Wildman–Crippen MR) is 103 cm³/mol. The minimum atomic E-state index is -3.42.